The van der Waals surface area contributed by atoms with Gasteiger partial charge >= 0.3 is 0 Å². The standard InChI is InChI=1S/C10H20N2O/c1-10(5-2-3-6-10)8-12-7-4-9(11)13/h12H,2-8H2,1H3,(H2,11,13). The molecule has 3 nitrogen and oxygen atoms in total. The lowest BCUT2D eigenvalue weighted by Crippen LogP contribution is -2.31. The maximum absolute atomic E-state index is 10.5. The fraction of sp³-hybridized carbons (Fsp3) is 0.900. The van der Waals surface area contributed by atoms with Crippen LogP contribution in [0.1, 0.15) is 39.0 Å². The Labute approximate surface area is 80.1 Å². The summed E-state index contributed by atoms with van der Waals surface area (Å²) in [5, 5.41) is 3.30. The minimum absolute atomic E-state index is 0.218. The summed E-state index contributed by atoms with van der Waals surface area (Å²) in [7, 11) is 0. The van der Waals surface area contributed by atoms with Gasteiger partial charge in [-0.3, -0.25) is 4.79 Å². The van der Waals surface area contributed by atoms with Crippen molar-refractivity contribution in [2.24, 2.45) is 11.1 Å². The highest BCUT2D eigenvalue weighted by molar-refractivity contribution is 5.73. The van der Waals surface area contributed by atoms with E-state index in [1.54, 1.807) is 0 Å². The molecule has 0 aromatic rings. The molecule has 1 rings (SSSR count). The predicted octanol–water partition coefficient (Wildman–Crippen LogP) is 1.03. The Morgan fingerprint density at radius 2 is 2.08 bits per heavy atom. The Kier molecular flexibility index (Phi) is 3.72. The van der Waals surface area contributed by atoms with E-state index in [9.17, 15) is 4.79 Å². The summed E-state index contributed by atoms with van der Waals surface area (Å²) in [5.41, 5.74) is 5.51. The van der Waals surface area contributed by atoms with E-state index in [1.165, 1.54) is 25.7 Å². The maximum Gasteiger partial charge on any atom is 0.218 e. The van der Waals surface area contributed by atoms with Crippen molar-refractivity contribution in [2.45, 2.75) is 39.0 Å². The first kappa shape index (κ1) is 10.5. The Morgan fingerprint density at radius 3 is 2.62 bits per heavy atom. The van der Waals surface area contributed by atoms with Crippen molar-refractivity contribution in [2.75, 3.05) is 13.1 Å². The number of primary amides is 1. The first-order chi connectivity index (χ1) is 6.12. The Balaban J connectivity index is 2.07. The van der Waals surface area contributed by atoms with Gasteiger partial charge in [0.15, 0.2) is 0 Å². The average Bonchev–Trinajstić information content (AvgIpc) is 2.47. The van der Waals surface area contributed by atoms with Crippen LogP contribution in [-0.4, -0.2) is 19.0 Å². The fourth-order valence-electron chi connectivity index (χ4n) is 2.01. The third-order valence-electron chi connectivity index (χ3n) is 2.91. The third kappa shape index (κ3) is 3.77. The summed E-state index contributed by atoms with van der Waals surface area (Å²) < 4.78 is 0. The van der Waals surface area contributed by atoms with Crippen LogP contribution in [0.25, 0.3) is 0 Å². The zero-order chi connectivity index (χ0) is 9.73. The molecule has 1 aliphatic carbocycles. The minimum atomic E-state index is -0.218. The Hall–Kier alpha value is -0.570. The molecule has 0 unspecified atom stereocenters. The van der Waals surface area contributed by atoms with E-state index in [4.69, 9.17) is 5.73 Å². The summed E-state index contributed by atoms with van der Waals surface area (Å²) >= 11 is 0. The lowest BCUT2D eigenvalue weighted by molar-refractivity contribution is -0.117. The summed E-state index contributed by atoms with van der Waals surface area (Å²) in [6.07, 6.45) is 5.80. The molecule has 0 bridgehead atoms. The van der Waals surface area contributed by atoms with Crippen LogP contribution in [-0.2, 0) is 4.79 Å². The van der Waals surface area contributed by atoms with Crippen molar-refractivity contribution in [3.05, 3.63) is 0 Å². The van der Waals surface area contributed by atoms with Gasteiger partial charge in [0.05, 0.1) is 0 Å². The van der Waals surface area contributed by atoms with E-state index in [0.29, 0.717) is 11.8 Å². The van der Waals surface area contributed by atoms with Crippen LogP contribution in [0.15, 0.2) is 0 Å². The van der Waals surface area contributed by atoms with Crippen LogP contribution in [0, 0.1) is 5.41 Å². The van der Waals surface area contributed by atoms with Gasteiger partial charge in [-0.1, -0.05) is 19.8 Å². The van der Waals surface area contributed by atoms with Gasteiger partial charge in [-0.15, -0.1) is 0 Å². The van der Waals surface area contributed by atoms with Gasteiger partial charge in [0, 0.05) is 19.5 Å². The molecule has 0 heterocycles. The molecule has 1 fully saturated rings. The number of amides is 1. The number of hydrogen-bond donors (Lipinski definition) is 2. The number of nitrogens with two attached hydrogens (primary N) is 1. The summed E-state index contributed by atoms with van der Waals surface area (Å²) in [5.74, 6) is -0.218. The van der Waals surface area contributed by atoms with E-state index in [0.717, 1.165) is 13.1 Å². The number of nitrogens with one attached hydrogen (secondary N) is 1. The van der Waals surface area contributed by atoms with Gasteiger partial charge in [-0.25, -0.2) is 0 Å². The predicted molar refractivity (Wildman–Crippen MR) is 53.3 cm³/mol. The molecule has 0 saturated heterocycles. The molecule has 0 spiro atoms. The molecule has 0 aromatic carbocycles. The minimum Gasteiger partial charge on any atom is -0.370 e. The van der Waals surface area contributed by atoms with Crippen LogP contribution >= 0.6 is 0 Å². The lowest BCUT2D eigenvalue weighted by atomic mass is 9.89. The van der Waals surface area contributed by atoms with E-state index < -0.39 is 0 Å². The molecule has 13 heavy (non-hydrogen) atoms. The van der Waals surface area contributed by atoms with E-state index in [2.05, 4.69) is 12.2 Å². The molecule has 1 saturated carbocycles. The second-order valence-corrected chi connectivity index (χ2v) is 4.41. The van der Waals surface area contributed by atoms with Crippen LogP contribution in [0.3, 0.4) is 0 Å². The van der Waals surface area contributed by atoms with E-state index in [1.807, 2.05) is 0 Å². The smallest absolute Gasteiger partial charge is 0.218 e. The molecule has 0 radical (unpaired) electrons. The number of hydrogen-bond acceptors (Lipinski definition) is 2. The van der Waals surface area contributed by atoms with E-state index >= 15 is 0 Å². The topological polar surface area (TPSA) is 55.1 Å². The van der Waals surface area contributed by atoms with Crippen molar-refractivity contribution in [3.63, 3.8) is 0 Å². The summed E-state index contributed by atoms with van der Waals surface area (Å²) in [6.45, 7) is 4.07. The molecule has 3 N–H and O–H groups in total. The normalized spacial score (nSPS) is 20.4. The number of rotatable bonds is 5. The first-order valence-electron chi connectivity index (χ1n) is 5.11. The highest BCUT2D eigenvalue weighted by Gasteiger charge is 2.27. The van der Waals surface area contributed by atoms with Crippen molar-refractivity contribution in [1.82, 2.24) is 5.32 Å². The van der Waals surface area contributed by atoms with Crippen LogP contribution in [0.2, 0.25) is 0 Å². The van der Waals surface area contributed by atoms with Gasteiger partial charge in [0.1, 0.15) is 0 Å². The summed E-state index contributed by atoms with van der Waals surface area (Å²) in [6, 6.07) is 0. The molecule has 0 aromatic heterocycles. The largest absolute Gasteiger partial charge is 0.370 e. The number of carbonyl (C=O) groups is 1. The molecular formula is C10H20N2O. The quantitative estimate of drug-likeness (QED) is 0.627. The second kappa shape index (κ2) is 4.61. The van der Waals surface area contributed by atoms with Gasteiger partial charge in [-0.2, -0.15) is 0 Å². The first-order valence-corrected chi connectivity index (χ1v) is 5.11. The summed E-state index contributed by atoms with van der Waals surface area (Å²) in [4.78, 5) is 10.5. The Bertz CT molecular complexity index is 174. The third-order valence-corrected chi connectivity index (χ3v) is 2.91. The van der Waals surface area contributed by atoms with Gasteiger partial charge in [-0.05, 0) is 18.3 Å². The van der Waals surface area contributed by atoms with Gasteiger partial charge < -0.3 is 11.1 Å². The molecular weight excluding hydrogens is 164 g/mol. The van der Waals surface area contributed by atoms with Crippen LogP contribution in [0.4, 0.5) is 0 Å². The number of carbonyl (C=O) groups excluding carboxylic acids is 1. The zero-order valence-corrected chi connectivity index (χ0v) is 8.44. The zero-order valence-electron chi connectivity index (χ0n) is 8.44. The van der Waals surface area contributed by atoms with Crippen LogP contribution < -0.4 is 11.1 Å². The van der Waals surface area contributed by atoms with Gasteiger partial charge in [0.2, 0.25) is 5.91 Å². The molecule has 3 heteroatoms. The second-order valence-electron chi connectivity index (χ2n) is 4.41. The molecule has 1 aliphatic rings. The highest BCUT2D eigenvalue weighted by atomic mass is 16.1. The average molecular weight is 184 g/mol. The van der Waals surface area contributed by atoms with Gasteiger partial charge in [0.25, 0.3) is 0 Å². The maximum atomic E-state index is 10.5. The molecule has 76 valence electrons. The van der Waals surface area contributed by atoms with E-state index in [-0.39, 0.29) is 5.91 Å². The Morgan fingerprint density at radius 1 is 1.46 bits per heavy atom. The SMILES string of the molecule is CC1(CNCCC(N)=O)CCCC1. The van der Waals surface area contributed by atoms with Crippen molar-refractivity contribution < 1.29 is 4.79 Å². The van der Waals surface area contributed by atoms with Crippen molar-refractivity contribution in [1.29, 1.82) is 0 Å². The molecule has 1 amide bonds. The fourth-order valence-corrected chi connectivity index (χ4v) is 2.01. The lowest BCUT2D eigenvalue weighted by Gasteiger charge is -2.23. The molecule has 0 atom stereocenters. The molecule has 0 aliphatic heterocycles. The van der Waals surface area contributed by atoms with Crippen LogP contribution in [0.5, 0.6) is 0 Å². The monoisotopic (exact) mass is 184 g/mol. The highest BCUT2D eigenvalue weighted by Crippen LogP contribution is 2.36. The van der Waals surface area contributed by atoms with Crippen molar-refractivity contribution in [3.8, 4) is 0 Å². The van der Waals surface area contributed by atoms with Crippen molar-refractivity contribution >= 4 is 5.91 Å².